The highest BCUT2D eigenvalue weighted by Crippen LogP contribution is 2.31. The van der Waals surface area contributed by atoms with Gasteiger partial charge in [0, 0.05) is 18.9 Å². The second-order valence-corrected chi connectivity index (χ2v) is 4.66. The molecule has 0 aliphatic carbocycles. The molecule has 0 atom stereocenters. The van der Waals surface area contributed by atoms with Crippen LogP contribution in [0.15, 0.2) is 18.2 Å². The highest BCUT2D eigenvalue weighted by atomic mass is 16.5. The van der Waals surface area contributed by atoms with Crippen molar-refractivity contribution in [3.05, 3.63) is 23.8 Å². The standard InChI is InChI=1S/C15H18O7/c1-3-21-12-4-10(5-13(8-12)22-9(2)16)11(6-14(17)18)7-15(19)20/h4-5,8,11H,3,6-7H2,1-2H3,(H,17,18)(H,19,20). The van der Waals surface area contributed by atoms with E-state index in [1.165, 1.54) is 19.1 Å². The molecule has 0 aliphatic rings. The Morgan fingerprint density at radius 2 is 1.59 bits per heavy atom. The SMILES string of the molecule is CCOc1cc(OC(C)=O)cc(C(CC(=O)O)CC(=O)O)c1. The van der Waals surface area contributed by atoms with Crippen LogP contribution in [0.1, 0.15) is 38.2 Å². The van der Waals surface area contributed by atoms with Crippen LogP contribution in [0.4, 0.5) is 0 Å². The first-order valence-corrected chi connectivity index (χ1v) is 6.71. The van der Waals surface area contributed by atoms with Gasteiger partial charge in [0.1, 0.15) is 11.5 Å². The summed E-state index contributed by atoms with van der Waals surface area (Å²) in [5, 5.41) is 17.9. The van der Waals surface area contributed by atoms with Gasteiger partial charge in [-0.05, 0) is 24.6 Å². The molecule has 7 nitrogen and oxygen atoms in total. The Morgan fingerprint density at radius 1 is 1.05 bits per heavy atom. The van der Waals surface area contributed by atoms with Crippen LogP contribution in [0.2, 0.25) is 0 Å². The molecule has 22 heavy (non-hydrogen) atoms. The summed E-state index contributed by atoms with van der Waals surface area (Å²) < 4.78 is 10.3. The van der Waals surface area contributed by atoms with Gasteiger partial charge in [0.15, 0.2) is 0 Å². The molecule has 0 aliphatic heterocycles. The first-order valence-electron chi connectivity index (χ1n) is 6.71. The van der Waals surface area contributed by atoms with Gasteiger partial charge in [0.05, 0.1) is 19.4 Å². The zero-order valence-corrected chi connectivity index (χ0v) is 12.4. The van der Waals surface area contributed by atoms with Crippen LogP contribution in [0.3, 0.4) is 0 Å². The van der Waals surface area contributed by atoms with Crippen molar-refractivity contribution in [3.8, 4) is 11.5 Å². The largest absolute Gasteiger partial charge is 0.494 e. The minimum atomic E-state index is -1.11. The molecular formula is C15H18O7. The number of carbonyl (C=O) groups excluding carboxylic acids is 1. The Bertz CT molecular complexity index is 549. The predicted molar refractivity (Wildman–Crippen MR) is 76.2 cm³/mol. The molecule has 2 N–H and O–H groups in total. The molecule has 0 fully saturated rings. The van der Waals surface area contributed by atoms with Crippen molar-refractivity contribution in [2.75, 3.05) is 6.61 Å². The van der Waals surface area contributed by atoms with E-state index in [-0.39, 0.29) is 18.6 Å². The molecule has 0 saturated heterocycles. The second kappa shape index (κ2) is 8.02. The van der Waals surface area contributed by atoms with Crippen LogP contribution < -0.4 is 9.47 Å². The van der Waals surface area contributed by atoms with E-state index >= 15 is 0 Å². The molecule has 0 unspecified atom stereocenters. The molecule has 1 aromatic carbocycles. The molecule has 0 saturated carbocycles. The lowest BCUT2D eigenvalue weighted by Gasteiger charge is -2.16. The molecule has 0 radical (unpaired) electrons. The van der Waals surface area contributed by atoms with Crippen molar-refractivity contribution in [1.29, 1.82) is 0 Å². The van der Waals surface area contributed by atoms with E-state index in [1.54, 1.807) is 13.0 Å². The number of rotatable bonds is 8. The normalized spacial score (nSPS) is 10.3. The molecule has 0 bridgehead atoms. The summed E-state index contributed by atoms with van der Waals surface area (Å²) in [6, 6.07) is 4.51. The molecule has 1 rings (SSSR count). The third-order valence-corrected chi connectivity index (χ3v) is 2.79. The highest BCUT2D eigenvalue weighted by molar-refractivity contribution is 5.73. The Kier molecular flexibility index (Phi) is 6.37. The average Bonchev–Trinajstić information content (AvgIpc) is 2.36. The highest BCUT2D eigenvalue weighted by Gasteiger charge is 2.21. The van der Waals surface area contributed by atoms with Gasteiger partial charge < -0.3 is 19.7 Å². The Balaban J connectivity index is 3.20. The number of aliphatic carboxylic acids is 2. The van der Waals surface area contributed by atoms with E-state index in [0.717, 1.165) is 0 Å². The van der Waals surface area contributed by atoms with Crippen LogP contribution >= 0.6 is 0 Å². The molecule has 0 amide bonds. The van der Waals surface area contributed by atoms with Crippen molar-refractivity contribution in [3.63, 3.8) is 0 Å². The lowest BCUT2D eigenvalue weighted by molar-refractivity contribution is -0.139. The average molecular weight is 310 g/mol. The van der Waals surface area contributed by atoms with Gasteiger partial charge in [-0.25, -0.2) is 0 Å². The van der Waals surface area contributed by atoms with Gasteiger partial charge >= 0.3 is 17.9 Å². The molecule has 0 aromatic heterocycles. The van der Waals surface area contributed by atoms with Gasteiger partial charge in [-0.1, -0.05) is 0 Å². The van der Waals surface area contributed by atoms with Crippen molar-refractivity contribution in [1.82, 2.24) is 0 Å². The number of esters is 1. The maximum atomic E-state index is 11.1. The lowest BCUT2D eigenvalue weighted by atomic mass is 9.92. The first kappa shape index (κ1) is 17.5. The molecule has 0 spiro atoms. The number of carboxylic acids is 2. The lowest BCUT2D eigenvalue weighted by Crippen LogP contribution is -2.12. The van der Waals surface area contributed by atoms with Gasteiger partial charge in [-0.3, -0.25) is 14.4 Å². The molecule has 120 valence electrons. The first-order chi connectivity index (χ1) is 10.3. The zero-order valence-electron chi connectivity index (χ0n) is 12.4. The molecule has 0 heterocycles. The molecule has 1 aromatic rings. The van der Waals surface area contributed by atoms with Gasteiger partial charge in [-0.2, -0.15) is 0 Å². The maximum absolute atomic E-state index is 11.1. The van der Waals surface area contributed by atoms with Crippen molar-refractivity contribution in [2.45, 2.75) is 32.6 Å². The fourth-order valence-corrected chi connectivity index (χ4v) is 2.03. The van der Waals surface area contributed by atoms with E-state index < -0.39 is 23.8 Å². The van der Waals surface area contributed by atoms with E-state index in [1.807, 2.05) is 0 Å². The van der Waals surface area contributed by atoms with Crippen LogP contribution in [0, 0.1) is 0 Å². The predicted octanol–water partition coefficient (Wildman–Crippen LogP) is 2.04. The third kappa shape index (κ3) is 5.82. The fourth-order valence-electron chi connectivity index (χ4n) is 2.03. The summed E-state index contributed by atoms with van der Waals surface area (Å²) in [6.07, 6.45) is -0.692. The van der Waals surface area contributed by atoms with Crippen LogP contribution in [0.5, 0.6) is 11.5 Å². The number of carbonyl (C=O) groups is 3. The van der Waals surface area contributed by atoms with Crippen LogP contribution in [-0.4, -0.2) is 34.7 Å². The molecule has 7 heteroatoms. The number of hydrogen-bond donors (Lipinski definition) is 2. The topological polar surface area (TPSA) is 110 Å². The van der Waals surface area contributed by atoms with Gasteiger partial charge in [-0.15, -0.1) is 0 Å². The number of ether oxygens (including phenoxy) is 2. The second-order valence-electron chi connectivity index (χ2n) is 4.66. The zero-order chi connectivity index (χ0) is 16.7. The summed E-state index contributed by atoms with van der Waals surface area (Å²) in [5.41, 5.74) is 0.437. The summed E-state index contributed by atoms with van der Waals surface area (Å²) in [7, 11) is 0. The van der Waals surface area contributed by atoms with Gasteiger partial charge in [0.2, 0.25) is 0 Å². The van der Waals surface area contributed by atoms with E-state index in [0.29, 0.717) is 17.9 Å². The van der Waals surface area contributed by atoms with Crippen LogP contribution in [-0.2, 0) is 14.4 Å². The fraction of sp³-hybridized carbons (Fsp3) is 0.400. The Labute approximate surface area is 127 Å². The van der Waals surface area contributed by atoms with E-state index in [4.69, 9.17) is 19.7 Å². The van der Waals surface area contributed by atoms with Crippen molar-refractivity contribution >= 4 is 17.9 Å². The number of carboxylic acid groups (broad SMARTS) is 2. The Morgan fingerprint density at radius 3 is 2.05 bits per heavy atom. The number of benzene rings is 1. The Hall–Kier alpha value is -2.57. The maximum Gasteiger partial charge on any atom is 0.308 e. The van der Waals surface area contributed by atoms with E-state index in [9.17, 15) is 14.4 Å². The molecular weight excluding hydrogens is 292 g/mol. The van der Waals surface area contributed by atoms with Crippen molar-refractivity contribution in [2.24, 2.45) is 0 Å². The minimum absolute atomic E-state index is 0.189. The van der Waals surface area contributed by atoms with Gasteiger partial charge in [0.25, 0.3) is 0 Å². The van der Waals surface area contributed by atoms with Crippen molar-refractivity contribution < 1.29 is 34.1 Å². The smallest absolute Gasteiger partial charge is 0.308 e. The van der Waals surface area contributed by atoms with Crippen LogP contribution in [0.25, 0.3) is 0 Å². The quantitative estimate of drug-likeness (QED) is 0.558. The summed E-state index contributed by atoms with van der Waals surface area (Å²) in [6.45, 7) is 3.37. The van der Waals surface area contributed by atoms with E-state index in [2.05, 4.69) is 0 Å². The monoisotopic (exact) mass is 310 g/mol. The third-order valence-electron chi connectivity index (χ3n) is 2.79. The summed E-state index contributed by atoms with van der Waals surface area (Å²) in [4.78, 5) is 32.9. The summed E-state index contributed by atoms with van der Waals surface area (Å²) in [5.74, 6) is -2.92. The number of hydrogen-bond acceptors (Lipinski definition) is 5. The summed E-state index contributed by atoms with van der Waals surface area (Å²) >= 11 is 0. The minimum Gasteiger partial charge on any atom is -0.494 e.